The Kier molecular flexibility index (Phi) is 6.68. The summed E-state index contributed by atoms with van der Waals surface area (Å²) in [6, 6.07) is 8.47. The summed E-state index contributed by atoms with van der Waals surface area (Å²) in [7, 11) is 0. The zero-order valence-corrected chi connectivity index (χ0v) is 22.7. The molecule has 0 radical (unpaired) electrons. The van der Waals surface area contributed by atoms with Crippen LogP contribution in [-0.2, 0) is 19.1 Å². The standard InChI is InChI=1S/C29H41NO7/c1-8-26(5)16-20(32)29(35)27(6)19(31)14-15-25(3,4)22(27)21(23(33)28(29,7)37-26)36-24(34)17(2)30-18-12-10-9-11-13-18/h8-13,17,19,21-23,30-31,33,35H,1,14-16H2,2-7H3/t17?,19-,21-,22-,23-,26-,27-,28+,29-/m0/s1. The predicted octanol–water partition coefficient (Wildman–Crippen LogP) is 3.00. The number of nitrogens with one attached hydrogen (secondary N) is 1. The monoisotopic (exact) mass is 515 g/mol. The Morgan fingerprint density at radius 2 is 1.81 bits per heavy atom. The normalized spacial score (nSPS) is 43.6. The molecular weight excluding hydrogens is 474 g/mol. The number of esters is 1. The number of aliphatic hydroxyl groups is 3. The van der Waals surface area contributed by atoms with Crippen LogP contribution in [0.25, 0.3) is 0 Å². The number of hydrogen-bond acceptors (Lipinski definition) is 8. The van der Waals surface area contributed by atoms with Crippen LogP contribution in [0, 0.1) is 16.7 Å². The van der Waals surface area contributed by atoms with Gasteiger partial charge in [-0.3, -0.25) is 4.79 Å². The van der Waals surface area contributed by atoms with Crippen LogP contribution in [0.1, 0.15) is 60.8 Å². The topological polar surface area (TPSA) is 125 Å². The van der Waals surface area contributed by atoms with Gasteiger partial charge in [-0.25, -0.2) is 4.79 Å². The van der Waals surface area contributed by atoms with Crippen molar-refractivity contribution in [3.05, 3.63) is 43.0 Å². The Morgan fingerprint density at radius 3 is 2.41 bits per heavy atom. The van der Waals surface area contributed by atoms with Crippen LogP contribution >= 0.6 is 0 Å². The maximum Gasteiger partial charge on any atom is 0.328 e. The molecule has 0 amide bonds. The van der Waals surface area contributed by atoms with Crippen molar-refractivity contribution in [3.63, 3.8) is 0 Å². The minimum Gasteiger partial charge on any atom is -0.458 e. The molecule has 4 N–H and O–H groups in total. The van der Waals surface area contributed by atoms with E-state index in [1.807, 2.05) is 44.2 Å². The largest absolute Gasteiger partial charge is 0.458 e. The summed E-state index contributed by atoms with van der Waals surface area (Å²) >= 11 is 0. The summed E-state index contributed by atoms with van der Waals surface area (Å²) < 4.78 is 12.4. The summed E-state index contributed by atoms with van der Waals surface area (Å²) in [5.41, 5.74) is -6.60. The number of anilines is 1. The Bertz CT molecular complexity index is 1080. The first kappa shape index (κ1) is 27.8. The van der Waals surface area contributed by atoms with E-state index in [0.717, 1.165) is 5.69 Å². The van der Waals surface area contributed by atoms with Crippen molar-refractivity contribution in [2.75, 3.05) is 5.32 Å². The molecule has 3 aliphatic rings. The lowest BCUT2D eigenvalue weighted by Gasteiger charge is -2.71. The van der Waals surface area contributed by atoms with Gasteiger partial charge in [-0.2, -0.15) is 0 Å². The molecule has 1 heterocycles. The number of aliphatic hydroxyl groups excluding tert-OH is 2. The lowest BCUT2D eigenvalue weighted by molar-refractivity contribution is -0.370. The maximum absolute atomic E-state index is 13.8. The van der Waals surface area contributed by atoms with Gasteiger partial charge in [-0.1, -0.05) is 45.0 Å². The number of fused-ring (bicyclic) bond motifs is 3. The Hall–Kier alpha value is -2.26. The van der Waals surface area contributed by atoms with Crippen molar-refractivity contribution in [1.82, 2.24) is 0 Å². The smallest absolute Gasteiger partial charge is 0.328 e. The van der Waals surface area contributed by atoms with Crippen molar-refractivity contribution in [3.8, 4) is 0 Å². The molecule has 0 bridgehead atoms. The van der Waals surface area contributed by atoms with Crippen LogP contribution in [0.4, 0.5) is 5.69 Å². The van der Waals surface area contributed by atoms with E-state index in [1.165, 1.54) is 13.0 Å². The molecule has 3 fully saturated rings. The third kappa shape index (κ3) is 3.87. The fourth-order valence-electron chi connectivity index (χ4n) is 7.48. The highest BCUT2D eigenvalue weighted by atomic mass is 16.6. The zero-order chi connectivity index (χ0) is 27.6. The minimum atomic E-state index is -2.24. The molecule has 8 heteroatoms. The molecule has 0 aromatic heterocycles. The Balaban J connectivity index is 1.80. The first-order valence-corrected chi connectivity index (χ1v) is 13.0. The fraction of sp³-hybridized carbons (Fsp3) is 0.655. The number of ketones is 1. The van der Waals surface area contributed by atoms with E-state index in [-0.39, 0.29) is 6.42 Å². The maximum atomic E-state index is 13.8. The third-order valence-corrected chi connectivity index (χ3v) is 9.50. The first-order valence-electron chi connectivity index (χ1n) is 13.0. The second-order valence-electron chi connectivity index (χ2n) is 12.4. The van der Waals surface area contributed by atoms with Crippen LogP contribution in [-0.4, -0.2) is 68.2 Å². The van der Waals surface area contributed by atoms with Crippen molar-refractivity contribution < 1.29 is 34.4 Å². The molecule has 1 aromatic rings. The van der Waals surface area contributed by atoms with Gasteiger partial charge in [0.15, 0.2) is 11.4 Å². The van der Waals surface area contributed by atoms with Crippen LogP contribution in [0.15, 0.2) is 43.0 Å². The van der Waals surface area contributed by atoms with Crippen LogP contribution in [0.2, 0.25) is 0 Å². The van der Waals surface area contributed by atoms with E-state index < -0.39 is 69.7 Å². The highest BCUT2D eigenvalue weighted by Crippen LogP contribution is 2.67. The number of benzene rings is 1. The molecule has 2 saturated carbocycles. The fourth-order valence-corrected chi connectivity index (χ4v) is 7.48. The molecule has 9 atom stereocenters. The molecule has 1 aliphatic heterocycles. The summed E-state index contributed by atoms with van der Waals surface area (Å²) in [5.74, 6) is -1.88. The van der Waals surface area contributed by atoms with Crippen LogP contribution < -0.4 is 5.32 Å². The zero-order valence-electron chi connectivity index (χ0n) is 22.7. The second kappa shape index (κ2) is 8.90. The van der Waals surface area contributed by atoms with Crippen molar-refractivity contribution >= 4 is 17.4 Å². The third-order valence-electron chi connectivity index (χ3n) is 9.50. The Labute approximate surface area is 219 Å². The van der Waals surface area contributed by atoms with Gasteiger partial charge < -0.3 is 30.1 Å². The number of hydrogen-bond donors (Lipinski definition) is 4. The molecule has 1 saturated heterocycles. The summed E-state index contributed by atoms with van der Waals surface area (Å²) in [4.78, 5) is 27.2. The van der Waals surface area contributed by atoms with Gasteiger partial charge in [0.1, 0.15) is 23.9 Å². The lowest BCUT2D eigenvalue weighted by atomic mass is 9.40. The average Bonchev–Trinajstić information content (AvgIpc) is 2.83. The molecule has 37 heavy (non-hydrogen) atoms. The van der Waals surface area contributed by atoms with E-state index in [1.54, 1.807) is 20.8 Å². The number of rotatable bonds is 5. The summed E-state index contributed by atoms with van der Waals surface area (Å²) in [6.45, 7) is 14.2. The van der Waals surface area contributed by atoms with Gasteiger partial charge in [0, 0.05) is 23.4 Å². The number of carbonyl (C=O) groups excluding carboxylic acids is 2. The summed E-state index contributed by atoms with van der Waals surface area (Å²) in [5, 5.41) is 38.8. The number of carbonyl (C=O) groups is 2. The molecular formula is C29H41NO7. The first-order chi connectivity index (χ1) is 17.1. The van der Waals surface area contributed by atoms with Gasteiger partial charge in [-0.05, 0) is 51.2 Å². The molecule has 4 rings (SSSR count). The molecule has 1 aromatic carbocycles. The lowest BCUT2D eigenvalue weighted by Crippen LogP contribution is -2.86. The molecule has 8 nitrogen and oxygen atoms in total. The minimum absolute atomic E-state index is 0.159. The predicted molar refractivity (Wildman–Crippen MR) is 139 cm³/mol. The van der Waals surface area contributed by atoms with Crippen molar-refractivity contribution in [1.29, 1.82) is 0 Å². The molecule has 204 valence electrons. The second-order valence-corrected chi connectivity index (χ2v) is 12.4. The van der Waals surface area contributed by atoms with E-state index in [2.05, 4.69) is 11.9 Å². The van der Waals surface area contributed by atoms with Crippen LogP contribution in [0.5, 0.6) is 0 Å². The number of ether oxygens (including phenoxy) is 2. The van der Waals surface area contributed by atoms with Gasteiger partial charge in [0.05, 0.1) is 11.7 Å². The van der Waals surface area contributed by atoms with Crippen molar-refractivity contribution in [2.45, 2.75) is 102 Å². The van der Waals surface area contributed by atoms with E-state index in [9.17, 15) is 24.9 Å². The Morgan fingerprint density at radius 1 is 1.19 bits per heavy atom. The van der Waals surface area contributed by atoms with E-state index in [0.29, 0.717) is 12.8 Å². The van der Waals surface area contributed by atoms with E-state index >= 15 is 0 Å². The van der Waals surface area contributed by atoms with E-state index in [4.69, 9.17) is 9.47 Å². The van der Waals surface area contributed by atoms with Gasteiger partial charge in [0.2, 0.25) is 0 Å². The molecule has 2 aliphatic carbocycles. The number of para-hydroxylation sites is 1. The highest BCUT2D eigenvalue weighted by Gasteiger charge is 2.81. The van der Waals surface area contributed by atoms with Gasteiger partial charge >= 0.3 is 5.97 Å². The SMILES string of the molecule is C=C[C@@]1(C)CC(=O)[C@]2(O)[C@@]3(C)[C@@H](O)CCC(C)(C)[C@@H]3[C@H](OC(=O)C(C)Nc3ccccc3)[C@H](O)[C@@]2(C)O1. The molecule has 1 unspecified atom stereocenters. The molecule has 0 spiro atoms. The quantitative estimate of drug-likeness (QED) is 0.348. The average molecular weight is 516 g/mol. The number of Topliss-reactive ketones (excluding diaryl/α,β-unsaturated/α-hetero) is 1. The van der Waals surface area contributed by atoms with Crippen molar-refractivity contribution in [2.24, 2.45) is 16.7 Å². The highest BCUT2D eigenvalue weighted by molar-refractivity contribution is 5.92. The van der Waals surface area contributed by atoms with Crippen LogP contribution in [0.3, 0.4) is 0 Å². The summed E-state index contributed by atoms with van der Waals surface area (Å²) in [6.07, 6.45) is -1.60. The van der Waals surface area contributed by atoms with Gasteiger partial charge in [-0.15, -0.1) is 6.58 Å². The van der Waals surface area contributed by atoms with Gasteiger partial charge in [0.25, 0.3) is 0 Å².